The van der Waals surface area contributed by atoms with Crippen molar-refractivity contribution in [3.8, 4) is 28.8 Å². The number of benzene rings is 2. The zero-order valence-corrected chi connectivity index (χ0v) is 20.0. The number of H-pyrrole nitrogens is 1. The molecule has 1 N–H and O–H groups in total. The molecule has 178 valence electrons. The van der Waals surface area contributed by atoms with Crippen molar-refractivity contribution in [1.29, 1.82) is 5.26 Å². The molecule has 0 saturated carbocycles. The Morgan fingerprint density at radius 1 is 1.11 bits per heavy atom. The third-order valence-electron chi connectivity index (χ3n) is 6.31. The van der Waals surface area contributed by atoms with E-state index in [-0.39, 0.29) is 12.2 Å². The number of aromatic nitrogens is 4. The summed E-state index contributed by atoms with van der Waals surface area (Å²) in [5.41, 5.74) is 5.89. The standard InChI is InChI=1S/C27H27N5O3/c1-16-15-29-30-17(2)26(16)18(3)34-22-4-5-25-24(13-22)27(32-31-25)20-10-19(14-28)11-23(12-20)35-21-6-8-33-9-7-21/h4-5,10-13,15,18,21H,6-9H2,1-3H3,(H,31,32)/t18-/m1/s1. The quantitative estimate of drug-likeness (QED) is 0.413. The van der Waals surface area contributed by atoms with Crippen molar-refractivity contribution in [2.75, 3.05) is 13.2 Å². The molecule has 2 aromatic carbocycles. The number of nitriles is 1. The zero-order chi connectivity index (χ0) is 24.4. The monoisotopic (exact) mass is 469 g/mol. The van der Waals surface area contributed by atoms with Gasteiger partial charge in [0.25, 0.3) is 0 Å². The van der Waals surface area contributed by atoms with Gasteiger partial charge in [0.2, 0.25) is 0 Å². The highest BCUT2D eigenvalue weighted by atomic mass is 16.5. The number of nitrogens with zero attached hydrogens (tertiary/aromatic N) is 4. The van der Waals surface area contributed by atoms with E-state index in [1.807, 2.05) is 51.1 Å². The van der Waals surface area contributed by atoms with Gasteiger partial charge in [-0.1, -0.05) is 0 Å². The maximum Gasteiger partial charge on any atom is 0.123 e. The molecule has 2 aromatic heterocycles. The van der Waals surface area contributed by atoms with Gasteiger partial charge in [0, 0.05) is 29.4 Å². The molecular weight excluding hydrogens is 442 g/mol. The first-order valence-electron chi connectivity index (χ1n) is 11.8. The number of rotatable bonds is 6. The van der Waals surface area contributed by atoms with Crippen LogP contribution in [-0.4, -0.2) is 39.7 Å². The fourth-order valence-electron chi connectivity index (χ4n) is 4.63. The molecule has 0 bridgehead atoms. The molecule has 35 heavy (non-hydrogen) atoms. The lowest BCUT2D eigenvalue weighted by atomic mass is 10.0. The van der Waals surface area contributed by atoms with Gasteiger partial charge in [-0.15, -0.1) is 0 Å². The highest BCUT2D eigenvalue weighted by Gasteiger charge is 2.19. The lowest BCUT2D eigenvalue weighted by molar-refractivity contribution is 0.0256. The minimum atomic E-state index is -0.195. The average molecular weight is 470 g/mol. The van der Waals surface area contributed by atoms with Crippen molar-refractivity contribution in [3.63, 3.8) is 0 Å². The first-order chi connectivity index (χ1) is 17.0. The van der Waals surface area contributed by atoms with E-state index in [2.05, 4.69) is 26.5 Å². The molecule has 1 fully saturated rings. The second-order valence-electron chi connectivity index (χ2n) is 8.85. The maximum atomic E-state index is 9.62. The molecule has 1 aliphatic heterocycles. The second kappa shape index (κ2) is 9.72. The molecule has 1 atom stereocenters. The Bertz CT molecular complexity index is 1380. The Morgan fingerprint density at radius 2 is 1.94 bits per heavy atom. The van der Waals surface area contributed by atoms with Crippen molar-refractivity contribution in [3.05, 3.63) is 65.0 Å². The first-order valence-corrected chi connectivity index (χ1v) is 11.8. The van der Waals surface area contributed by atoms with Gasteiger partial charge in [-0.05, 0) is 62.7 Å². The Morgan fingerprint density at radius 3 is 2.71 bits per heavy atom. The Labute approximate surface area is 203 Å². The van der Waals surface area contributed by atoms with E-state index in [9.17, 15) is 5.26 Å². The summed E-state index contributed by atoms with van der Waals surface area (Å²) in [5, 5.41) is 26.4. The summed E-state index contributed by atoms with van der Waals surface area (Å²) in [6, 6.07) is 13.6. The summed E-state index contributed by atoms with van der Waals surface area (Å²) in [6.07, 6.45) is 3.31. The van der Waals surface area contributed by atoms with Gasteiger partial charge in [0.15, 0.2) is 0 Å². The van der Waals surface area contributed by atoms with Crippen LogP contribution in [0.5, 0.6) is 11.5 Å². The smallest absolute Gasteiger partial charge is 0.123 e. The molecule has 3 heterocycles. The minimum absolute atomic E-state index is 0.0811. The highest BCUT2D eigenvalue weighted by molar-refractivity contribution is 5.94. The predicted molar refractivity (Wildman–Crippen MR) is 131 cm³/mol. The molecule has 1 saturated heterocycles. The van der Waals surface area contributed by atoms with Crippen LogP contribution in [0.25, 0.3) is 22.2 Å². The van der Waals surface area contributed by atoms with Crippen LogP contribution in [-0.2, 0) is 4.74 Å². The number of fused-ring (bicyclic) bond motifs is 1. The third kappa shape index (κ3) is 4.81. The molecule has 4 aromatic rings. The van der Waals surface area contributed by atoms with Crippen LogP contribution in [0.2, 0.25) is 0 Å². The van der Waals surface area contributed by atoms with Crippen molar-refractivity contribution in [2.24, 2.45) is 0 Å². The molecule has 8 nitrogen and oxygen atoms in total. The van der Waals surface area contributed by atoms with Gasteiger partial charge in [-0.25, -0.2) is 0 Å². The van der Waals surface area contributed by atoms with E-state index in [1.165, 1.54) is 0 Å². The molecule has 0 spiro atoms. The van der Waals surface area contributed by atoms with Crippen LogP contribution in [0.1, 0.15) is 48.3 Å². The SMILES string of the molecule is Cc1cnnc(C)c1[C@@H](C)Oc1ccc2[nH]nc(-c3cc(C#N)cc(OC4CCOCC4)c3)c2c1. The molecule has 8 heteroatoms. The molecule has 0 unspecified atom stereocenters. The van der Waals surface area contributed by atoms with Crippen LogP contribution < -0.4 is 9.47 Å². The summed E-state index contributed by atoms with van der Waals surface area (Å²) < 4.78 is 17.9. The number of aromatic amines is 1. The van der Waals surface area contributed by atoms with Gasteiger partial charge < -0.3 is 14.2 Å². The van der Waals surface area contributed by atoms with Crippen LogP contribution in [0, 0.1) is 25.2 Å². The fourth-order valence-corrected chi connectivity index (χ4v) is 4.63. The normalized spacial score (nSPS) is 15.0. The summed E-state index contributed by atoms with van der Waals surface area (Å²) in [4.78, 5) is 0. The van der Waals surface area contributed by atoms with Crippen LogP contribution in [0.4, 0.5) is 0 Å². The van der Waals surface area contributed by atoms with Gasteiger partial charge >= 0.3 is 0 Å². The van der Waals surface area contributed by atoms with E-state index in [1.54, 1.807) is 12.3 Å². The highest BCUT2D eigenvalue weighted by Crippen LogP contribution is 2.34. The topological polar surface area (TPSA) is 106 Å². The van der Waals surface area contributed by atoms with E-state index < -0.39 is 0 Å². The summed E-state index contributed by atoms with van der Waals surface area (Å²) in [5.74, 6) is 1.39. The maximum absolute atomic E-state index is 9.62. The number of nitrogens with one attached hydrogen (secondary N) is 1. The molecule has 0 amide bonds. The molecule has 0 radical (unpaired) electrons. The van der Waals surface area contributed by atoms with E-state index >= 15 is 0 Å². The molecule has 1 aliphatic rings. The molecule has 0 aliphatic carbocycles. The van der Waals surface area contributed by atoms with Crippen LogP contribution in [0.15, 0.2) is 42.6 Å². The van der Waals surface area contributed by atoms with Crippen molar-refractivity contribution >= 4 is 10.9 Å². The third-order valence-corrected chi connectivity index (χ3v) is 6.31. The van der Waals surface area contributed by atoms with Crippen LogP contribution in [0.3, 0.4) is 0 Å². The van der Waals surface area contributed by atoms with Gasteiger partial charge in [0.05, 0.1) is 42.3 Å². The molecular formula is C27H27N5O3. The predicted octanol–water partition coefficient (Wildman–Crippen LogP) is 5.21. The fraction of sp³-hybridized carbons (Fsp3) is 0.333. The van der Waals surface area contributed by atoms with E-state index in [0.29, 0.717) is 24.5 Å². The molecule has 5 rings (SSSR count). The number of hydrogen-bond donors (Lipinski definition) is 1. The Hall–Kier alpha value is -3.96. The lowest BCUT2D eigenvalue weighted by Crippen LogP contribution is -2.25. The Balaban J connectivity index is 1.47. The second-order valence-corrected chi connectivity index (χ2v) is 8.85. The summed E-state index contributed by atoms with van der Waals surface area (Å²) in [7, 11) is 0. The van der Waals surface area contributed by atoms with Gasteiger partial charge in [-0.2, -0.15) is 20.6 Å². The lowest BCUT2D eigenvalue weighted by Gasteiger charge is -2.23. The number of hydrogen-bond acceptors (Lipinski definition) is 7. The summed E-state index contributed by atoms with van der Waals surface area (Å²) >= 11 is 0. The number of ether oxygens (including phenoxy) is 3. The first kappa shape index (κ1) is 22.8. The van der Waals surface area contributed by atoms with Gasteiger partial charge in [-0.3, -0.25) is 5.10 Å². The number of aryl methyl sites for hydroxylation is 2. The zero-order valence-electron chi connectivity index (χ0n) is 20.0. The van der Waals surface area contributed by atoms with Crippen LogP contribution >= 0.6 is 0 Å². The van der Waals surface area contributed by atoms with Crippen molar-refractivity contribution in [2.45, 2.75) is 45.8 Å². The Kier molecular flexibility index (Phi) is 6.34. The van der Waals surface area contributed by atoms with Crippen molar-refractivity contribution in [1.82, 2.24) is 20.4 Å². The van der Waals surface area contributed by atoms with Gasteiger partial charge in [0.1, 0.15) is 29.4 Å². The largest absolute Gasteiger partial charge is 0.490 e. The summed E-state index contributed by atoms with van der Waals surface area (Å²) in [6.45, 7) is 7.34. The van der Waals surface area contributed by atoms with E-state index in [4.69, 9.17) is 14.2 Å². The minimum Gasteiger partial charge on any atom is -0.490 e. The average Bonchev–Trinajstić information content (AvgIpc) is 3.27. The van der Waals surface area contributed by atoms with E-state index in [0.717, 1.165) is 57.6 Å². The van der Waals surface area contributed by atoms with Crippen molar-refractivity contribution < 1.29 is 14.2 Å².